The number of fused-ring (bicyclic) bond motifs is 2. The molecule has 0 aliphatic heterocycles. The Bertz CT molecular complexity index is 1460. The molecule has 4 heterocycles. The van der Waals surface area contributed by atoms with E-state index in [0.29, 0.717) is 33.9 Å². The first-order valence-corrected chi connectivity index (χ1v) is 11.1. The predicted molar refractivity (Wildman–Crippen MR) is 127 cm³/mol. The van der Waals surface area contributed by atoms with Crippen LogP contribution in [0.25, 0.3) is 44.7 Å². The van der Waals surface area contributed by atoms with Gasteiger partial charge in [-0.1, -0.05) is 31.6 Å². The van der Waals surface area contributed by atoms with Crippen molar-refractivity contribution in [1.82, 2.24) is 30.1 Å². The smallest absolute Gasteiger partial charge is 0.161 e. The number of hydrogen-bond donors (Lipinski definition) is 3. The average Bonchev–Trinajstić information content (AvgIpc) is 3.58. The SMILES string of the molecule is C=C(Nc1cncc(-c2ncc3[nH]nc(-c4nc5ccccc5[nH]4)c3c2F)c1)C1CCCC1. The number of rotatable bonds is 5. The summed E-state index contributed by atoms with van der Waals surface area (Å²) >= 11 is 0. The van der Waals surface area contributed by atoms with Crippen LogP contribution in [0.3, 0.4) is 0 Å². The Morgan fingerprint density at radius 3 is 2.76 bits per heavy atom. The van der Waals surface area contributed by atoms with Crippen LogP contribution in [0.5, 0.6) is 0 Å². The molecule has 1 saturated carbocycles. The number of benzene rings is 1. The minimum Gasteiger partial charge on any atom is -0.358 e. The third kappa shape index (κ3) is 3.44. The second-order valence-corrected chi connectivity index (χ2v) is 8.48. The number of imidazole rings is 1. The van der Waals surface area contributed by atoms with Crippen molar-refractivity contribution in [2.75, 3.05) is 5.32 Å². The quantitative estimate of drug-likeness (QED) is 0.321. The maximum atomic E-state index is 15.8. The summed E-state index contributed by atoms with van der Waals surface area (Å²) in [5, 5.41) is 10.9. The topological polar surface area (TPSA) is 95.2 Å². The van der Waals surface area contributed by atoms with Crippen molar-refractivity contribution >= 4 is 27.6 Å². The Balaban J connectivity index is 1.39. The number of halogens is 1. The zero-order chi connectivity index (χ0) is 22.4. The number of para-hydroxylation sites is 2. The summed E-state index contributed by atoms with van der Waals surface area (Å²) in [6.45, 7) is 4.20. The number of H-pyrrole nitrogens is 2. The minimum absolute atomic E-state index is 0.212. The summed E-state index contributed by atoms with van der Waals surface area (Å²) in [5.74, 6) is 0.502. The van der Waals surface area contributed by atoms with E-state index in [1.54, 1.807) is 18.6 Å². The fourth-order valence-corrected chi connectivity index (χ4v) is 4.61. The number of anilines is 1. The van der Waals surface area contributed by atoms with E-state index in [1.807, 2.05) is 30.3 Å². The van der Waals surface area contributed by atoms with Crippen LogP contribution in [-0.4, -0.2) is 30.1 Å². The van der Waals surface area contributed by atoms with Crippen molar-refractivity contribution < 1.29 is 4.39 Å². The lowest BCUT2D eigenvalue weighted by molar-refractivity contribution is 0.638. The zero-order valence-corrected chi connectivity index (χ0v) is 17.9. The third-order valence-corrected chi connectivity index (χ3v) is 6.32. The number of aromatic amines is 2. The molecule has 3 N–H and O–H groups in total. The number of aromatic nitrogens is 6. The van der Waals surface area contributed by atoms with Crippen molar-refractivity contribution in [3.05, 3.63) is 67.0 Å². The van der Waals surface area contributed by atoms with Crippen molar-refractivity contribution in [2.45, 2.75) is 25.7 Å². The molecule has 0 radical (unpaired) electrons. The summed E-state index contributed by atoms with van der Waals surface area (Å²) in [4.78, 5) is 16.5. The van der Waals surface area contributed by atoms with E-state index in [2.05, 4.69) is 42.0 Å². The fourth-order valence-electron chi connectivity index (χ4n) is 4.61. The van der Waals surface area contributed by atoms with Crippen LogP contribution in [0.4, 0.5) is 10.1 Å². The number of nitrogens with one attached hydrogen (secondary N) is 3. The van der Waals surface area contributed by atoms with Crippen LogP contribution in [0.1, 0.15) is 25.7 Å². The largest absolute Gasteiger partial charge is 0.358 e. The summed E-state index contributed by atoms with van der Waals surface area (Å²) < 4.78 is 15.8. The van der Waals surface area contributed by atoms with Gasteiger partial charge >= 0.3 is 0 Å². The average molecular weight is 439 g/mol. The molecule has 33 heavy (non-hydrogen) atoms. The van der Waals surface area contributed by atoms with Crippen LogP contribution < -0.4 is 5.32 Å². The molecule has 4 aromatic heterocycles. The molecule has 0 saturated heterocycles. The number of pyridine rings is 2. The molecule has 1 fully saturated rings. The molecule has 164 valence electrons. The molecule has 1 aromatic carbocycles. The van der Waals surface area contributed by atoms with Gasteiger partial charge in [0.1, 0.15) is 11.4 Å². The van der Waals surface area contributed by atoms with Crippen LogP contribution in [-0.2, 0) is 0 Å². The van der Waals surface area contributed by atoms with E-state index in [4.69, 9.17) is 0 Å². The summed E-state index contributed by atoms with van der Waals surface area (Å²) in [6, 6.07) is 9.51. The monoisotopic (exact) mass is 439 g/mol. The molecule has 6 rings (SSSR count). The number of hydrogen-bond acceptors (Lipinski definition) is 5. The van der Waals surface area contributed by atoms with E-state index in [-0.39, 0.29) is 5.69 Å². The Labute approximate surface area is 189 Å². The highest BCUT2D eigenvalue weighted by atomic mass is 19.1. The van der Waals surface area contributed by atoms with Gasteiger partial charge in [0.25, 0.3) is 0 Å². The van der Waals surface area contributed by atoms with Gasteiger partial charge in [-0.25, -0.2) is 9.37 Å². The number of allylic oxidation sites excluding steroid dienone is 1. The minimum atomic E-state index is -0.467. The first kappa shape index (κ1) is 19.6. The molecule has 5 aromatic rings. The van der Waals surface area contributed by atoms with Crippen LogP contribution in [0, 0.1) is 11.7 Å². The van der Waals surface area contributed by atoms with Crippen molar-refractivity contribution in [3.63, 3.8) is 0 Å². The molecule has 0 bridgehead atoms. The molecular formula is C25H22FN7. The van der Waals surface area contributed by atoms with Crippen LogP contribution >= 0.6 is 0 Å². The normalized spacial score (nSPS) is 14.3. The van der Waals surface area contributed by atoms with Crippen molar-refractivity contribution in [1.29, 1.82) is 0 Å². The third-order valence-electron chi connectivity index (χ3n) is 6.32. The van der Waals surface area contributed by atoms with E-state index in [9.17, 15) is 0 Å². The molecule has 7 nitrogen and oxygen atoms in total. The Morgan fingerprint density at radius 1 is 1.06 bits per heavy atom. The lowest BCUT2D eigenvalue weighted by Crippen LogP contribution is -2.07. The second-order valence-electron chi connectivity index (χ2n) is 8.48. The first-order valence-electron chi connectivity index (χ1n) is 11.1. The van der Waals surface area contributed by atoms with Crippen molar-refractivity contribution in [2.24, 2.45) is 5.92 Å². The van der Waals surface area contributed by atoms with Gasteiger partial charge in [0, 0.05) is 17.5 Å². The summed E-state index contributed by atoms with van der Waals surface area (Å²) in [6.07, 6.45) is 9.69. The molecular weight excluding hydrogens is 417 g/mol. The van der Waals surface area contributed by atoms with E-state index in [1.165, 1.54) is 12.8 Å². The van der Waals surface area contributed by atoms with E-state index < -0.39 is 5.82 Å². The molecule has 8 heteroatoms. The van der Waals surface area contributed by atoms with Gasteiger partial charge in [-0.15, -0.1) is 0 Å². The highest BCUT2D eigenvalue weighted by molar-refractivity contribution is 5.95. The zero-order valence-electron chi connectivity index (χ0n) is 17.9. The molecule has 0 spiro atoms. The maximum Gasteiger partial charge on any atom is 0.161 e. The Morgan fingerprint density at radius 2 is 1.91 bits per heavy atom. The predicted octanol–water partition coefficient (Wildman–Crippen LogP) is 5.82. The molecule has 1 aliphatic rings. The highest BCUT2D eigenvalue weighted by Gasteiger charge is 2.21. The van der Waals surface area contributed by atoms with Gasteiger partial charge in [-0.3, -0.25) is 15.1 Å². The highest BCUT2D eigenvalue weighted by Crippen LogP contribution is 2.34. The molecule has 0 unspecified atom stereocenters. The van der Waals surface area contributed by atoms with Crippen LogP contribution in [0.2, 0.25) is 0 Å². The Hall–Kier alpha value is -4.07. The van der Waals surface area contributed by atoms with Crippen molar-refractivity contribution in [3.8, 4) is 22.8 Å². The number of nitrogens with zero attached hydrogens (tertiary/aromatic N) is 4. The van der Waals surface area contributed by atoms with Crippen LogP contribution in [0.15, 0.2) is 61.2 Å². The molecule has 0 amide bonds. The van der Waals surface area contributed by atoms with E-state index in [0.717, 1.165) is 35.3 Å². The van der Waals surface area contributed by atoms with E-state index >= 15 is 4.39 Å². The van der Waals surface area contributed by atoms with Gasteiger partial charge in [0.2, 0.25) is 0 Å². The fraction of sp³-hybridized carbons (Fsp3) is 0.200. The lowest BCUT2D eigenvalue weighted by atomic mass is 10.0. The van der Waals surface area contributed by atoms with Gasteiger partial charge in [0.15, 0.2) is 11.6 Å². The lowest BCUT2D eigenvalue weighted by Gasteiger charge is -2.16. The second kappa shape index (κ2) is 7.81. The standard InChI is InChI=1S/C25H22FN7/c1-14(15-6-2-3-7-15)29-17-10-16(11-27-12-17)23-22(26)21-20(13-28-23)32-33-24(21)25-30-18-8-4-5-9-19(18)31-25/h4-5,8-13,15,29H,1-3,6-7H2,(H,30,31)(H,32,33). The maximum absolute atomic E-state index is 15.8. The van der Waals surface area contributed by atoms with Gasteiger partial charge in [-0.2, -0.15) is 5.10 Å². The first-order chi connectivity index (χ1) is 16.2. The van der Waals surface area contributed by atoms with Gasteiger partial charge in [0.05, 0.1) is 40.0 Å². The summed E-state index contributed by atoms with van der Waals surface area (Å²) in [7, 11) is 0. The Kier molecular flexibility index (Phi) is 4.64. The summed E-state index contributed by atoms with van der Waals surface area (Å²) in [5.41, 5.74) is 5.13. The molecule has 0 atom stereocenters. The van der Waals surface area contributed by atoms with Gasteiger partial charge < -0.3 is 10.3 Å². The van der Waals surface area contributed by atoms with Gasteiger partial charge in [-0.05, 0) is 37.0 Å². The molecule has 1 aliphatic carbocycles.